The first kappa shape index (κ1) is 12.0. The van der Waals surface area contributed by atoms with Crippen LogP contribution in [0.2, 0.25) is 0 Å². The normalized spacial score (nSPS) is 11.0. The van der Waals surface area contributed by atoms with Gasteiger partial charge in [-0.3, -0.25) is 15.6 Å². The van der Waals surface area contributed by atoms with Crippen molar-refractivity contribution in [2.75, 3.05) is 0 Å². The third-order valence-electron chi connectivity index (χ3n) is 0.650. The van der Waals surface area contributed by atoms with Crippen molar-refractivity contribution < 1.29 is 17.8 Å². The Balaban J connectivity index is 4.89. The largest absolute Gasteiger partial charge is 0.350 e. The van der Waals surface area contributed by atoms with Crippen LogP contribution in [0.25, 0.3) is 0 Å². The highest BCUT2D eigenvalue weighted by Gasteiger charge is 2.22. The number of hydrogen-bond acceptors (Lipinski definition) is 5. The Bertz CT molecular complexity index is 356. The molecular formula is CH7N6O4PS. The van der Waals surface area contributed by atoms with Crippen molar-refractivity contribution in [1.82, 2.24) is 10.3 Å². The Morgan fingerprint density at radius 2 is 1.92 bits per heavy atom. The molecule has 0 aromatic heterocycles. The van der Waals surface area contributed by atoms with Gasteiger partial charge in [0.1, 0.15) is 0 Å². The lowest BCUT2D eigenvalue weighted by Crippen LogP contribution is -2.43. The number of urea groups is 1. The summed E-state index contributed by atoms with van der Waals surface area (Å²) in [4.78, 5) is 10.2. The van der Waals surface area contributed by atoms with Gasteiger partial charge in [0.15, 0.2) is 0 Å². The molecule has 0 saturated heterocycles. The predicted octanol–water partition coefficient (Wildman–Crippen LogP) is -2.13. The maximum Gasteiger partial charge on any atom is 0.330 e. The van der Waals surface area contributed by atoms with E-state index in [9.17, 15) is 17.8 Å². The molecule has 0 aromatic rings. The van der Waals surface area contributed by atoms with E-state index in [1.165, 1.54) is 0 Å². The Kier molecular flexibility index (Phi) is 3.97. The van der Waals surface area contributed by atoms with Crippen LogP contribution in [0.4, 0.5) is 4.79 Å². The molecule has 2 amide bonds. The van der Waals surface area contributed by atoms with Crippen molar-refractivity contribution in [3.8, 4) is 0 Å². The first-order valence-corrected chi connectivity index (χ1v) is 5.41. The van der Waals surface area contributed by atoms with E-state index in [1.807, 2.05) is 0 Å². The molecule has 0 aliphatic carbocycles. The second kappa shape index (κ2) is 4.30. The van der Waals surface area contributed by atoms with Crippen LogP contribution < -0.4 is 22.2 Å². The number of hydrogen-bond donors (Lipinski definition) is 4. The van der Waals surface area contributed by atoms with Gasteiger partial charge in [0.2, 0.25) is 0 Å². The minimum atomic E-state index is -4.02. The van der Waals surface area contributed by atoms with Gasteiger partial charge >= 0.3 is 24.1 Å². The summed E-state index contributed by atoms with van der Waals surface area (Å²) in [6.07, 6.45) is 0. The summed E-state index contributed by atoms with van der Waals surface area (Å²) >= 11 is 0. The molecule has 0 spiro atoms. The Labute approximate surface area is 74.2 Å². The van der Waals surface area contributed by atoms with E-state index >= 15 is 0 Å². The van der Waals surface area contributed by atoms with Crippen LogP contribution in [0.1, 0.15) is 0 Å². The second-order valence-electron chi connectivity index (χ2n) is 1.74. The van der Waals surface area contributed by atoms with Crippen molar-refractivity contribution >= 4 is 24.1 Å². The maximum atomic E-state index is 10.8. The number of nitrogens with two attached hydrogens (primary N) is 3. The summed E-state index contributed by atoms with van der Waals surface area (Å²) in [6.45, 7) is 0. The maximum absolute atomic E-state index is 10.8. The van der Waals surface area contributed by atoms with E-state index in [-0.39, 0.29) is 4.89 Å². The van der Waals surface area contributed by atoms with Gasteiger partial charge in [0, 0.05) is 0 Å². The molecule has 0 aromatic carbocycles. The summed E-state index contributed by atoms with van der Waals surface area (Å²) in [7, 11) is -6.98. The molecule has 0 saturated carbocycles. The zero-order valence-electron chi connectivity index (χ0n) is 6.11. The minimum Gasteiger partial charge on any atom is -0.350 e. The number of hydrazine groups is 1. The Hall–Kier alpha value is -1.00. The van der Waals surface area contributed by atoms with E-state index in [0.29, 0.717) is 0 Å². The third kappa shape index (κ3) is 5.27. The Morgan fingerprint density at radius 1 is 1.46 bits per heavy atom. The number of carbonyl (C=O) groups is 1. The van der Waals surface area contributed by atoms with E-state index in [4.69, 9.17) is 11.0 Å². The van der Waals surface area contributed by atoms with Crippen molar-refractivity contribution in [3.63, 3.8) is 0 Å². The van der Waals surface area contributed by atoms with Gasteiger partial charge in [-0.2, -0.15) is 8.42 Å². The molecule has 12 heteroatoms. The van der Waals surface area contributed by atoms with Gasteiger partial charge in [-0.25, -0.2) is 10.2 Å². The third-order valence-corrected chi connectivity index (χ3v) is 1.85. The highest BCUT2D eigenvalue weighted by atomic mass is 32.2. The van der Waals surface area contributed by atoms with Crippen LogP contribution in [0, 0.1) is 0 Å². The number of rotatable bonds is 3. The van der Waals surface area contributed by atoms with Crippen LogP contribution in [0.3, 0.4) is 0 Å². The fraction of sp³-hybridized carbons (Fsp3) is 0. The fourth-order valence-electron chi connectivity index (χ4n) is 0.317. The molecule has 0 heterocycles. The lowest BCUT2D eigenvalue weighted by molar-refractivity contribution is 0.229. The molecule has 10 nitrogen and oxygen atoms in total. The fourth-order valence-corrected chi connectivity index (χ4v) is 1.37. The summed E-state index contributed by atoms with van der Waals surface area (Å²) in [5, 5.41) is 0. The molecule has 0 unspecified atom stereocenters. The molecule has 13 heavy (non-hydrogen) atoms. The Morgan fingerprint density at radius 3 is 2.15 bits per heavy atom. The molecule has 0 radical (unpaired) electrons. The lowest BCUT2D eigenvalue weighted by atomic mass is 11.2. The SMILES string of the molecule is NC(=O)NN(N=S(=O)=O)P(N)(N)=O. The minimum absolute atomic E-state index is 0.0154. The molecule has 7 N–H and O–H groups in total. The first-order valence-electron chi connectivity index (χ1n) is 2.58. The van der Waals surface area contributed by atoms with Crippen molar-refractivity contribution in [3.05, 3.63) is 0 Å². The summed E-state index contributed by atoms with van der Waals surface area (Å²) in [5.41, 5.74) is 15.7. The quantitative estimate of drug-likeness (QED) is 0.316. The summed E-state index contributed by atoms with van der Waals surface area (Å²) in [5.74, 6) is 0. The molecule has 0 rings (SSSR count). The van der Waals surface area contributed by atoms with E-state index in [0.717, 1.165) is 0 Å². The molecule has 0 atom stereocenters. The molecule has 0 fully saturated rings. The number of nitrogens with one attached hydrogen (secondary N) is 1. The summed E-state index contributed by atoms with van der Waals surface area (Å²) < 4.78 is 33.5. The molecule has 76 valence electrons. The van der Waals surface area contributed by atoms with Gasteiger partial charge < -0.3 is 5.73 Å². The monoisotopic (exact) mass is 230 g/mol. The van der Waals surface area contributed by atoms with Gasteiger partial charge in [-0.15, -0.1) is 0 Å². The molecule has 0 aliphatic heterocycles. The first-order chi connectivity index (χ1) is 5.73. The number of nitrogens with zero attached hydrogens (tertiary/aromatic N) is 2. The standard InChI is InChI=1S/CH7N6O4PS/c2-1(8)5-7(6-13(10)11)12(3,4)9/h(H3,2,5,8)(H4,3,4,9). The van der Waals surface area contributed by atoms with E-state index in [1.54, 1.807) is 5.43 Å². The number of carbonyl (C=O) groups excluding carboxylic acids is 1. The highest BCUT2D eigenvalue weighted by Crippen LogP contribution is 2.28. The van der Waals surface area contributed by atoms with Crippen molar-refractivity contribution in [2.45, 2.75) is 0 Å². The second-order valence-corrected chi connectivity index (χ2v) is 4.06. The zero-order valence-corrected chi connectivity index (χ0v) is 7.83. The zero-order chi connectivity index (χ0) is 10.6. The van der Waals surface area contributed by atoms with Gasteiger partial charge in [0.25, 0.3) is 0 Å². The van der Waals surface area contributed by atoms with Gasteiger partial charge in [0.05, 0.1) is 0 Å². The average Bonchev–Trinajstić information content (AvgIpc) is 1.81. The number of primary amides is 1. The van der Waals surface area contributed by atoms with Crippen LogP contribution in [-0.4, -0.2) is 19.3 Å². The van der Waals surface area contributed by atoms with Crippen LogP contribution >= 0.6 is 7.59 Å². The van der Waals surface area contributed by atoms with Crippen molar-refractivity contribution in [2.24, 2.45) is 21.2 Å². The van der Waals surface area contributed by atoms with E-state index in [2.05, 4.69) is 10.2 Å². The van der Waals surface area contributed by atoms with Crippen LogP contribution in [0.15, 0.2) is 4.47 Å². The smallest absolute Gasteiger partial charge is 0.330 e. The van der Waals surface area contributed by atoms with Gasteiger partial charge in [-0.1, -0.05) is 0 Å². The van der Waals surface area contributed by atoms with Crippen LogP contribution in [-0.2, 0) is 15.1 Å². The summed E-state index contributed by atoms with van der Waals surface area (Å²) in [6, 6.07) is -1.20. The topological polar surface area (TPSA) is 174 Å². The molecule has 0 bridgehead atoms. The van der Waals surface area contributed by atoms with Crippen molar-refractivity contribution in [1.29, 1.82) is 0 Å². The lowest BCUT2D eigenvalue weighted by Gasteiger charge is -2.16. The number of amides is 2. The molecule has 0 aliphatic rings. The molecular weight excluding hydrogens is 223 g/mol. The average molecular weight is 230 g/mol. The van der Waals surface area contributed by atoms with Gasteiger partial charge in [-0.05, 0) is 9.36 Å². The predicted molar refractivity (Wildman–Crippen MR) is 41.9 cm³/mol. The van der Waals surface area contributed by atoms with E-state index < -0.39 is 24.1 Å². The highest BCUT2D eigenvalue weighted by molar-refractivity contribution is 7.62. The van der Waals surface area contributed by atoms with Crippen LogP contribution in [0.5, 0.6) is 0 Å².